The summed E-state index contributed by atoms with van der Waals surface area (Å²) in [7, 11) is 0. The van der Waals surface area contributed by atoms with Gasteiger partial charge in [-0.25, -0.2) is 4.98 Å². The first-order valence-corrected chi connectivity index (χ1v) is 7.71. The van der Waals surface area contributed by atoms with E-state index in [2.05, 4.69) is 57.5 Å². The molecule has 0 amide bonds. The molecule has 2 aromatic rings. The van der Waals surface area contributed by atoms with Gasteiger partial charge in [-0.3, -0.25) is 0 Å². The molecule has 1 aromatic heterocycles. The second-order valence-corrected chi connectivity index (χ2v) is 5.67. The van der Waals surface area contributed by atoms with Gasteiger partial charge in [0.15, 0.2) is 0 Å². The molecule has 2 N–H and O–H groups in total. The topological polar surface area (TPSA) is 37.0 Å². The molecule has 0 bridgehead atoms. The number of anilines is 2. The maximum Gasteiger partial charge on any atom is 0.128 e. The average Bonchev–Trinajstić information content (AvgIpc) is 2.45. The molecule has 2 rings (SSSR count). The Balaban J connectivity index is 2.05. The van der Waals surface area contributed by atoms with E-state index in [0.29, 0.717) is 0 Å². The molecule has 0 aliphatic carbocycles. The van der Waals surface area contributed by atoms with E-state index in [1.54, 1.807) is 0 Å². The van der Waals surface area contributed by atoms with E-state index >= 15 is 0 Å². The summed E-state index contributed by atoms with van der Waals surface area (Å²) >= 11 is 3.50. The van der Waals surface area contributed by atoms with E-state index in [0.717, 1.165) is 29.1 Å². The van der Waals surface area contributed by atoms with Crippen LogP contribution >= 0.6 is 15.9 Å². The number of hydrogen-bond donors (Lipinski definition) is 2. The lowest BCUT2D eigenvalue weighted by molar-refractivity contribution is 0.873. The third-order valence-corrected chi connectivity index (χ3v) is 3.51. The van der Waals surface area contributed by atoms with E-state index in [9.17, 15) is 0 Å². The molecule has 4 heteroatoms. The fraction of sp³-hybridized carbons (Fsp3) is 0.312. The molecule has 1 unspecified atom stereocenters. The van der Waals surface area contributed by atoms with Gasteiger partial charge in [-0.05, 0) is 43.2 Å². The maximum absolute atomic E-state index is 4.56. The Labute approximate surface area is 129 Å². The summed E-state index contributed by atoms with van der Waals surface area (Å²) < 4.78 is 1.09. The monoisotopic (exact) mass is 333 g/mol. The van der Waals surface area contributed by atoms with Crippen LogP contribution in [0.3, 0.4) is 0 Å². The van der Waals surface area contributed by atoms with Gasteiger partial charge in [0.25, 0.3) is 0 Å². The molecule has 20 heavy (non-hydrogen) atoms. The van der Waals surface area contributed by atoms with Gasteiger partial charge >= 0.3 is 0 Å². The molecule has 1 heterocycles. The number of benzene rings is 1. The number of nitrogens with one attached hydrogen (secondary N) is 2. The van der Waals surface area contributed by atoms with Crippen LogP contribution in [0.2, 0.25) is 0 Å². The predicted octanol–water partition coefficient (Wildman–Crippen LogP) is 4.84. The van der Waals surface area contributed by atoms with E-state index < -0.39 is 0 Å². The summed E-state index contributed by atoms with van der Waals surface area (Å²) in [6.07, 6.45) is 1.09. The van der Waals surface area contributed by atoms with Gasteiger partial charge in [-0.15, -0.1) is 0 Å². The Morgan fingerprint density at radius 2 is 1.90 bits per heavy atom. The third-order valence-electron chi connectivity index (χ3n) is 3.02. The summed E-state index contributed by atoms with van der Waals surface area (Å²) in [5.74, 6) is 1.80. The molecule has 0 saturated carbocycles. The summed E-state index contributed by atoms with van der Waals surface area (Å²) in [5.41, 5.74) is 1.23. The lowest BCUT2D eigenvalue weighted by Gasteiger charge is -2.16. The zero-order chi connectivity index (χ0) is 14.4. The first kappa shape index (κ1) is 14.9. The molecule has 106 valence electrons. The first-order chi connectivity index (χ1) is 9.69. The molecule has 1 atom stereocenters. The SMILES string of the molecule is CCCNc1cccc(NC(C)c2cccc(Br)c2)n1. The van der Waals surface area contributed by atoms with Crippen LogP contribution < -0.4 is 10.6 Å². The first-order valence-electron chi connectivity index (χ1n) is 6.92. The van der Waals surface area contributed by atoms with Crippen molar-refractivity contribution < 1.29 is 0 Å². The van der Waals surface area contributed by atoms with Gasteiger partial charge in [-0.1, -0.05) is 41.1 Å². The maximum atomic E-state index is 4.56. The molecule has 0 aliphatic heterocycles. The van der Waals surface area contributed by atoms with E-state index in [4.69, 9.17) is 0 Å². The van der Waals surface area contributed by atoms with Gasteiger partial charge in [0.1, 0.15) is 11.6 Å². The lowest BCUT2D eigenvalue weighted by atomic mass is 10.1. The standard InChI is InChI=1S/C16H20BrN3/c1-3-10-18-15-8-5-9-16(20-15)19-12(2)13-6-4-7-14(17)11-13/h4-9,11-12H,3,10H2,1-2H3,(H2,18,19,20). The van der Waals surface area contributed by atoms with Gasteiger partial charge in [0, 0.05) is 17.1 Å². The van der Waals surface area contributed by atoms with Crippen molar-refractivity contribution in [3.8, 4) is 0 Å². The molecule has 1 aromatic carbocycles. The molecule has 0 radical (unpaired) electrons. The minimum absolute atomic E-state index is 0.210. The fourth-order valence-electron chi connectivity index (χ4n) is 1.95. The second kappa shape index (κ2) is 7.29. The van der Waals surface area contributed by atoms with E-state index in [1.165, 1.54) is 5.56 Å². The van der Waals surface area contributed by atoms with Crippen molar-refractivity contribution in [2.75, 3.05) is 17.2 Å². The van der Waals surface area contributed by atoms with Gasteiger partial charge < -0.3 is 10.6 Å². The lowest BCUT2D eigenvalue weighted by Crippen LogP contribution is -2.09. The second-order valence-electron chi connectivity index (χ2n) is 4.76. The summed E-state index contributed by atoms with van der Waals surface area (Å²) in [5, 5.41) is 6.73. The number of rotatable bonds is 6. The molecular formula is C16H20BrN3. The average molecular weight is 334 g/mol. The van der Waals surface area contributed by atoms with E-state index in [-0.39, 0.29) is 6.04 Å². The normalized spacial score (nSPS) is 11.9. The Morgan fingerprint density at radius 1 is 1.15 bits per heavy atom. The summed E-state index contributed by atoms with van der Waals surface area (Å²) in [6.45, 7) is 5.22. The number of halogens is 1. The molecule has 0 fully saturated rings. The Bertz CT molecular complexity index is 557. The zero-order valence-corrected chi connectivity index (χ0v) is 13.4. The van der Waals surface area contributed by atoms with Crippen LogP contribution in [0, 0.1) is 0 Å². The molecular weight excluding hydrogens is 314 g/mol. The van der Waals surface area contributed by atoms with Crippen molar-refractivity contribution in [2.45, 2.75) is 26.3 Å². The van der Waals surface area contributed by atoms with Crippen LogP contribution in [-0.4, -0.2) is 11.5 Å². The minimum atomic E-state index is 0.210. The highest BCUT2D eigenvalue weighted by Gasteiger charge is 2.06. The minimum Gasteiger partial charge on any atom is -0.370 e. The Kier molecular flexibility index (Phi) is 5.41. The number of aromatic nitrogens is 1. The molecule has 0 aliphatic rings. The van der Waals surface area contributed by atoms with Crippen molar-refractivity contribution in [3.63, 3.8) is 0 Å². The number of nitrogens with zero attached hydrogens (tertiary/aromatic N) is 1. The Hall–Kier alpha value is -1.55. The summed E-state index contributed by atoms with van der Waals surface area (Å²) in [4.78, 5) is 4.56. The van der Waals surface area contributed by atoms with Crippen LogP contribution in [0.1, 0.15) is 31.9 Å². The van der Waals surface area contributed by atoms with Crippen LogP contribution in [0.15, 0.2) is 46.9 Å². The van der Waals surface area contributed by atoms with Gasteiger partial charge in [-0.2, -0.15) is 0 Å². The largest absolute Gasteiger partial charge is 0.370 e. The van der Waals surface area contributed by atoms with Crippen LogP contribution in [0.25, 0.3) is 0 Å². The molecule has 0 saturated heterocycles. The fourth-order valence-corrected chi connectivity index (χ4v) is 2.36. The van der Waals surface area contributed by atoms with Crippen LogP contribution in [-0.2, 0) is 0 Å². The van der Waals surface area contributed by atoms with Crippen molar-refractivity contribution in [1.82, 2.24) is 4.98 Å². The number of pyridine rings is 1. The quantitative estimate of drug-likeness (QED) is 0.794. The van der Waals surface area contributed by atoms with Crippen molar-refractivity contribution >= 4 is 27.6 Å². The number of hydrogen-bond acceptors (Lipinski definition) is 3. The van der Waals surface area contributed by atoms with Crippen molar-refractivity contribution in [3.05, 3.63) is 52.5 Å². The zero-order valence-electron chi connectivity index (χ0n) is 11.9. The predicted molar refractivity (Wildman–Crippen MR) is 89.2 cm³/mol. The summed E-state index contributed by atoms with van der Waals surface area (Å²) in [6, 6.07) is 14.5. The highest BCUT2D eigenvalue weighted by Crippen LogP contribution is 2.21. The molecule has 0 spiro atoms. The highest BCUT2D eigenvalue weighted by atomic mass is 79.9. The smallest absolute Gasteiger partial charge is 0.128 e. The highest BCUT2D eigenvalue weighted by molar-refractivity contribution is 9.10. The third kappa shape index (κ3) is 4.23. The van der Waals surface area contributed by atoms with Crippen molar-refractivity contribution in [2.24, 2.45) is 0 Å². The van der Waals surface area contributed by atoms with Gasteiger partial charge in [0.05, 0.1) is 0 Å². The Morgan fingerprint density at radius 3 is 2.65 bits per heavy atom. The van der Waals surface area contributed by atoms with Gasteiger partial charge in [0.2, 0.25) is 0 Å². The van der Waals surface area contributed by atoms with E-state index in [1.807, 2.05) is 30.3 Å². The van der Waals surface area contributed by atoms with Crippen LogP contribution in [0.5, 0.6) is 0 Å². The van der Waals surface area contributed by atoms with Crippen molar-refractivity contribution in [1.29, 1.82) is 0 Å². The molecule has 3 nitrogen and oxygen atoms in total. The van der Waals surface area contributed by atoms with Crippen LogP contribution in [0.4, 0.5) is 11.6 Å².